The monoisotopic (exact) mass is 318 g/mol. The highest BCUT2D eigenvalue weighted by Gasteiger charge is 2.18. The molecule has 2 aromatic rings. The molecule has 1 amide bonds. The number of aromatic nitrogens is 2. The van der Waals surface area contributed by atoms with Gasteiger partial charge in [-0.3, -0.25) is 14.9 Å². The normalized spacial score (nSPS) is 12.2. The van der Waals surface area contributed by atoms with Gasteiger partial charge in [0, 0.05) is 18.8 Å². The lowest BCUT2D eigenvalue weighted by molar-refractivity contribution is -0.384. The molecule has 1 aromatic carbocycles. The molecule has 1 aromatic heterocycles. The number of nitro benzene ring substituents is 1. The fourth-order valence-electron chi connectivity index (χ4n) is 1.92. The first-order valence-corrected chi connectivity index (χ1v) is 7.16. The summed E-state index contributed by atoms with van der Waals surface area (Å²) < 4.78 is 1.28. The lowest BCUT2D eigenvalue weighted by atomic mass is 10.1. The Morgan fingerprint density at radius 3 is 2.74 bits per heavy atom. The van der Waals surface area contributed by atoms with Gasteiger partial charge in [0.2, 0.25) is 0 Å². The standard InChI is InChI=1S/C15H18N4O4/c1-10(2)14(20)9-16-15(21)11-7-8-18(17-11)12-5-3-4-6-13(12)19(22)23/h3-8,10,14,20H,9H2,1-2H3,(H,16,21). The zero-order valence-corrected chi connectivity index (χ0v) is 12.8. The summed E-state index contributed by atoms with van der Waals surface area (Å²) in [5.74, 6) is -0.415. The SMILES string of the molecule is CC(C)C(O)CNC(=O)c1ccn(-c2ccccc2[N+](=O)[O-])n1. The van der Waals surface area contributed by atoms with Crippen molar-refractivity contribution in [3.63, 3.8) is 0 Å². The van der Waals surface area contributed by atoms with Gasteiger partial charge in [0.25, 0.3) is 11.6 Å². The van der Waals surface area contributed by atoms with Crippen LogP contribution in [0.25, 0.3) is 5.69 Å². The summed E-state index contributed by atoms with van der Waals surface area (Å²) in [7, 11) is 0. The molecular formula is C15H18N4O4. The molecule has 0 saturated carbocycles. The van der Waals surface area contributed by atoms with Crippen molar-refractivity contribution in [3.05, 3.63) is 52.3 Å². The van der Waals surface area contributed by atoms with Gasteiger partial charge in [-0.15, -0.1) is 0 Å². The van der Waals surface area contributed by atoms with E-state index in [0.717, 1.165) is 0 Å². The van der Waals surface area contributed by atoms with Crippen LogP contribution in [0.15, 0.2) is 36.5 Å². The first-order valence-electron chi connectivity index (χ1n) is 7.16. The fourth-order valence-corrected chi connectivity index (χ4v) is 1.92. The number of hydrogen-bond donors (Lipinski definition) is 2. The minimum atomic E-state index is -0.642. The molecule has 0 aliphatic heterocycles. The van der Waals surface area contributed by atoms with Crippen LogP contribution >= 0.6 is 0 Å². The third-order valence-corrected chi connectivity index (χ3v) is 3.39. The number of aliphatic hydroxyl groups excluding tert-OH is 1. The highest BCUT2D eigenvalue weighted by atomic mass is 16.6. The number of carbonyl (C=O) groups is 1. The molecule has 2 N–H and O–H groups in total. The highest BCUT2D eigenvalue weighted by Crippen LogP contribution is 2.21. The molecule has 2 rings (SSSR count). The Labute approximate surface area is 132 Å². The van der Waals surface area contributed by atoms with Crippen LogP contribution in [0.3, 0.4) is 0 Å². The van der Waals surface area contributed by atoms with Crippen molar-refractivity contribution < 1.29 is 14.8 Å². The molecule has 0 aliphatic carbocycles. The number of para-hydroxylation sites is 2. The smallest absolute Gasteiger partial charge is 0.294 e. The molecule has 1 unspecified atom stereocenters. The van der Waals surface area contributed by atoms with Crippen LogP contribution in [0.1, 0.15) is 24.3 Å². The second-order valence-electron chi connectivity index (χ2n) is 5.41. The molecule has 1 atom stereocenters. The maximum atomic E-state index is 12.0. The van der Waals surface area contributed by atoms with Gasteiger partial charge in [-0.1, -0.05) is 26.0 Å². The lowest BCUT2D eigenvalue weighted by Crippen LogP contribution is -2.34. The van der Waals surface area contributed by atoms with E-state index in [2.05, 4.69) is 10.4 Å². The van der Waals surface area contributed by atoms with Crippen molar-refractivity contribution in [2.75, 3.05) is 6.54 Å². The third-order valence-electron chi connectivity index (χ3n) is 3.39. The van der Waals surface area contributed by atoms with E-state index in [1.165, 1.54) is 23.0 Å². The maximum Gasteiger partial charge on any atom is 0.294 e. The number of hydrogen-bond acceptors (Lipinski definition) is 5. The predicted octanol–water partition coefficient (Wildman–Crippen LogP) is 1.53. The minimum Gasteiger partial charge on any atom is -0.391 e. The number of aliphatic hydroxyl groups is 1. The van der Waals surface area contributed by atoms with E-state index in [9.17, 15) is 20.0 Å². The minimum absolute atomic E-state index is 0.0276. The molecule has 0 saturated heterocycles. The number of carbonyl (C=O) groups excluding carboxylic acids is 1. The molecule has 8 nitrogen and oxygen atoms in total. The van der Waals surface area contributed by atoms with Crippen molar-refractivity contribution in [1.82, 2.24) is 15.1 Å². The van der Waals surface area contributed by atoms with Crippen molar-refractivity contribution in [1.29, 1.82) is 0 Å². The maximum absolute atomic E-state index is 12.0. The lowest BCUT2D eigenvalue weighted by Gasteiger charge is -2.14. The number of nitrogens with one attached hydrogen (secondary N) is 1. The number of amides is 1. The zero-order valence-electron chi connectivity index (χ0n) is 12.8. The van der Waals surface area contributed by atoms with Crippen molar-refractivity contribution in [2.24, 2.45) is 5.92 Å². The van der Waals surface area contributed by atoms with Gasteiger partial charge in [-0.05, 0) is 18.1 Å². The molecular weight excluding hydrogens is 300 g/mol. The first-order chi connectivity index (χ1) is 10.9. The quantitative estimate of drug-likeness (QED) is 0.620. The number of nitrogens with zero attached hydrogens (tertiary/aromatic N) is 3. The molecule has 122 valence electrons. The molecule has 0 radical (unpaired) electrons. The molecule has 8 heteroatoms. The van der Waals surface area contributed by atoms with Gasteiger partial charge >= 0.3 is 0 Å². The Kier molecular flexibility index (Phi) is 5.07. The van der Waals surface area contributed by atoms with E-state index in [-0.39, 0.29) is 29.5 Å². The van der Waals surface area contributed by atoms with Crippen molar-refractivity contribution in [3.8, 4) is 5.69 Å². The summed E-state index contributed by atoms with van der Waals surface area (Å²) >= 11 is 0. The Hall–Kier alpha value is -2.74. The molecule has 0 bridgehead atoms. The molecule has 23 heavy (non-hydrogen) atoms. The summed E-state index contributed by atoms with van der Waals surface area (Å²) in [5, 5.41) is 27.4. The summed E-state index contributed by atoms with van der Waals surface area (Å²) in [6.07, 6.45) is 0.840. The second kappa shape index (κ2) is 7.01. The largest absolute Gasteiger partial charge is 0.391 e. The van der Waals surface area contributed by atoms with Gasteiger partial charge in [0.1, 0.15) is 5.69 Å². The average molecular weight is 318 g/mol. The van der Waals surface area contributed by atoms with Gasteiger partial charge in [-0.2, -0.15) is 5.10 Å². The zero-order chi connectivity index (χ0) is 17.0. The van der Waals surface area contributed by atoms with Crippen LogP contribution < -0.4 is 5.32 Å². The van der Waals surface area contributed by atoms with Crippen LogP contribution in [0, 0.1) is 16.0 Å². The molecule has 1 heterocycles. The van der Waals surface area contributed by atoms with Crippen molar-refractivity contribution >= 4 is 11.6 Å². The number of rotatable bonds is 6. The second-order valence-corrected chi connectivity index (χ2v) is 5.41. The van der Waals surface area contributed by atoms with Crippen LogP contribution in [-0.2, 0) is 0 Å². The summed E-state index contributed by atoms with van der Waals surface area (Å²) in [6.45, 7) is 3.81. The Morgan fingerprint density at radius 2 is 2.09 bits per heavy atom. The van der Waals surface area contributed by atoms with Gasteiger partial charge in [0.05, 0.1) is 11.0 Å². The van der Waals surface area contributed by atoms with Crippen molar-refractivity contribution in [2.45, 2.75) is 20.0 Å². The summed E-state index contributed by atoms with van der Waals surface area (Å²) in [5.41, 5.74) is 0.302. The molecule has 0 fully saturated rings. The van der Waals surface area contributed by atoms with Gasteiger partial charge < -0.3 is 10.4 Å². The summed E-state index contributed by atoms with van der Waals surface area (Å²) in [4.78, 5) is 22.5. The Balaban J connectivity index is 2.15. The van der Waals surface area contributed by atoms with E-state index in [1.807, 2.05) is 13.8 Å². The Morgan fingerprint density at radius 1 is 1.39 bits per heavy atom. The Bertz CT molecular complexity index is 711. The average Bonchev–Trinajstić information content (AvgIpc) is 3.01. The van der Waals surface area contributed by atoms with E-state index in [4.69, 9.17) is 0 Å². The van der Waals surface area contributed by atoms with E-state index >= 15 is 0 Å². The van der Waals surface area contributed by atoms with Gasteiger partial charge in [0.15, 0.2) is 5.69 Å². The fraction of sp³-hybridized carbons (Fsp3) is 0.333. The van der Waals surface area contributed by atoms with Gasteiger partial charge in [-0.25, -0.2) is 4.68 Å². The van der Waals surface area contributed by atoms with E-state index in [0.29, 0.717) is 0 Å². The first kappa shape index (κ1) is 16.6. The van der Waals surface area contributed by atoms with E-state index in [1.54, 1.807) is 18.2 Å². The van der Waals surface area contributed by atoms with Crippen LogP contribution in [-0.4, -0.2) is 38.4 Å². The summed E-state index contributed by atoms with van der Waals surface area (Å²) in [6, 6.07) is 7.60. The number of nitro groups is 1. The predicted molar refractivity (Wildman–Crippen MR) is 83.4 cm³/mol. The van der Waals surface area contributed by atoms with Crippen LogP contribution in [0.2, 0.25) is 0 Å². The van der Waals surface area contributed by atoms with Crippen LogP contribution in [0.4, 0.5) is 5.69 Å². The molecule has 0 spiro atoms. The number of benzene rings is 1. The highest BCUT2D eigenvalue weighted by molar-refractivity contribution is 5.92. The molecule has 0 aliphatic rings. The van der Waals surface area contributed by atoms with Crippen LogP contribution in [0.5, 0.6) is 0 Å². The third kappa shape index (κ3) is 3.92. The van der Waals surface area contributed by atoms with E-state index < -0.39 is 16.9 Å². The topological polar surface area (TPSA) is 110 Å².